The molecule has 84 valence electrons. The van der Waals surface area contributed by atoms with E-state index in [0.717, 1.165) is 35.5 Å². The first-order valence-corrected chi connectivity index (χ1v) is 6.41. The number of hydrogen-bond donors (Lipinski definition) is 0. The average molecular weight is 272 g/mol. The van der Waals surface area contributed by atoms with E-state index >= 15 is 0 Å². The Hall–Kier alpha value is -0.570. The van der Waals surface area contributed by atoms with Gasteiger partial charge in [0, 0.05) is 11.0 Å². The molecule has 0 atom stereocenters. The van der Waals surface area contributed by atoms with Crippen LogP contribution in [0.3, 0.4) is 0 Å². The summed E-state index contributed by atoms with van der Waals surface area (Å²) in [5.74, 6) is 1.58. The molecule has 3 heteroatoms. The molecule has 0 aromatic carbocycles. The highest BCUT2D eigenvalue weighted by Crippen LogP contribution is 2.19. The fourth-order valence-electron chi connectivity index (χ4n) is 1.23. The van der Waals surface area contributed by atoms with Crippen LogP contribution >= 0.6 is 15.9 Å². The molecule has 15 heavy (non-hydrogen) atoms. The Balaban J connectivity index is 2.60. The number of rotatable bonds is 5. The summed E-state index contributed by atoms with van der Waals surface area (Å²) < 4.78 is 5.70. The molecule has 0 bridgehead atoms. The minimum atomic E-state index is 0.677. The summed E-state index contributed by atoms with van der Waals surface area (Å²) in [7, 11) is 0. The van der Waals surface area contributed by atoms with Gasteiger partial charge in [-0.3, -0.25) is 4.98 Å². The number of hydrogen-bond acceptors (Lipinski definition) is 2. The first-order chi connectivity index (χ1) is 7.13. The third kappa shape index (κ3) is 4.20. The molecule has 1 rings (SSSR count). The van der Waals surface area contributed by atoms with Crippen LogP contribution in [-0.4, -0.2) is 11.6 Å². The Kier molecular flexibility index (Phi) is 5.09. The summed E-state index contributed by atoms with van der Waals surface area (Å²) in [6.45, 7) is 7.15. The van der Waals surface area contributed by atoms with Crippen LogP contribution in [0.1, 0.15) is 31.7 Å². The van der Waals surface area contributed by atoms with Gasteiger partial charge in [0.15, 0.2) is 0 Å². The standard InChI is InChI=1S/C12H18BrNO/c1-9(2)6-7-15-12-5-4-10(3)14-11(12)8-13/h4-5,9H,6-8H2,1-3H3. The van der Waals surface area contributed by atoms with Crippen molar-refractivity contribution in [2.24, 2.45) is 5.92 Å². The van der Waals surface area contributed by atoms with Crippen LogP contribution in [0, 0.1) is 12.8 Å². The van der Waals surface area contributed by atoms with Crippen LogP contribution in [0.25, 0.3) is 0 Å². The van der Waals surface area contributed by atoms with Gasteiger partial charge in [-0.05, 0) is 31.4 Å². The topological polar surface area (TPSA) is 22.1 Å². The first kappa shape index (κ1) is 12.5. The van der Waals surface area contributed by atoms with Gasteiger partial charge in [0.25, 0.3) is 0 Å². The third-order valence-electron chi connectivity index (χ3n) is 2.15. The molecule has 0 radical (unpaired) electrons. The van der Waals surface area contributed by atoms with E-state index in [0.29, 0.717) is 5.92 Å². The summed E-state index contributed by atoms with van der Waals surface area (Å²) in [5, 5.41) is 0.742. The fourth-order valence-corrected chi connectivity index (χ4v) is 1.63. The number of aromatic nitrogens is 1. The van der Waals surface area contributed by atoms with Gasteiger partial charge in [0.05, 0.1) is 12.3 Å². The lowest BCUT2D eigenvalue weighted by Gasteiger charge is -2.11. The quantitative estimate of drug-likeness (QED) is 0.762. The Morgan fingerprint density at radius 1 is 1.40 bits per heavy atom. The van der Waals surface area contributed by atoms with Gasteiger partial charge in [-0.2, -0.15) is 0 Å². The minimum Gasteiger partial charge on any atom is -0.492 e. The highest BCUT2D eigenvalue weighted by Gasteiger charge is 2.04. The fraction of sp³-hybridized carbons (Fsp3) is 0.583. The van der Waals surface area contributed by atoms with E-state index in [2.05, 4.69) is 34.8 Å². The number of pyridine rings is 1. The highest BCUT2D eigenvalue weighted by molar-refractivity contribution is 9.08. The van der Waals surface area contributed by atoms with E-state index in [1.165, 1.54) is 0 Å². The van der Waals surface area contributed by atoms with Crippen molar-refractivity contribution in [3.63, 3.8) is 0 Å². The molecule has 0 saturated heterocycles. The van der Waals surface area contributed by atoms with E-state index < -0.39 is 0 Å². The van der Waals surface area contributed by atoms with Gasteiger partial charge in [0.2, 0.25) is 0 Å². The molecule has 0 aliphatic rings. The van der Waals surface area contributed by atoms with Crippen molar-refractivity contribution in [3.8, 4) is 5.75 Å². The maximum Gasteiger partial charge on any atom is 0.141 e. The lowest BCUT2D eigenvalue weighted by Crippen LogP contribution is -2.04. The number of ether oxygens (including phenoxy) is 1. The van der Waals surface area contributed by atoms with Crippen molar-refractivity contribution < 1.29 is 4.74 Å². The molecule has 0 spiro atoms. The second kappa shape index (κ2) is 6.11. The van der Waals surface area contributed by atoms with Crippen molar-refractivity contribution in [3.05, 3.63) is 23.5 Å². The zero-order valence-electron chi connectivity index (χ0n) is 9.59. The van der Waals surface area contributed by atoms with Crippen molar-refractivity contribution in [2.45, 2.75) is 32.5 Å². The summed E-state index contributed by atoms with van der Waals surface area (Å²) in [6.07, 6.45) is 1.08. The van der Waals surface area contributed by atoms with Gasteiger partial charge >= 0.3 is 0 Å². The Morgan fingerprint density at radius 3 is 2.73 bits per heavy atom. The third-order valence-corrected chi connectivity index (χ3v) is 2.68. The summed E-state index contributed by atoms with van der Waals surface area (Å²) in [6, 6.07) is 3.98. The number of aryl methyl sites for hydroxylation is 1. The normalized spacial score (nSPS) is 10.7. The van der Waals surface area contributed by atoms with Crippen LogP contribution in [0.4, 0.5) is 0 Å². The van der Waals surface area contributed by atoms with Crippen molar-refractivity contribution in [1.82, 2.24) is 4.98 Å². The monoisotopic (exact) mass is 271 g/mol. The van der Waals surface area contributed by atoms with Gasteiger partial charge < -0.3 is 4.74 Å². The van der Waals surface area contributed by atoms with E-state index in [9.17, 15) is 0 Å². The number of halogens is 1. The van der Waals surface area contributed by atoms with Gasteiger partial charge in [-0.15, -0.1) is 0 Å². The average Bonchev–Trinajstić information content (AvgIpc) is 2.19. The molecule has 1 aromatic heterocycles. The van der Waals surface area contributed by atoms with E-state index in [-0.39, 0.29) is 0 Å². The minimum absolute atomic E-state index is 0.677. The predicted octanol–water partition coefficient (Wildman–Crippen LogP) is 3.71. The van der Waals surface area contributed by atoms with Gasteiger partial charge in [-0.25, -0.2) is 0 Å². The predicted molar refractivity (Wildman–Crippen MR) is 66.6 cm³/mol. The zero-order valence-corrected chi connectivity index (χ0v) is 11.2. The second-order valence-corrected chi connectivity index (χ2v) is 4.62. The maximum absolute atomic E-state index is 5.70. The Bertz CT molecular complexity index is 312. The molecule has 2 nitrogen and oxygen atoms in total. The smallest absolute Gasteiger partial charge is 0.141 e. The molecule has 0 unspecified atom stereocenters. The molecule has 1 heterocycles. The van der Waals surface area contributed by atoms with Crippen molar-refractivity contribution in [1.29, 1.82) is 0 Å². The molecule has 0 aliphatic carbocycles. The lowest BCUT2D eigenvalue weighted by molar-refractivity contribution is 0.286. The summed E-state index contributed by atoms with van der Waals surface area (Å²) in [4.78, 5) is 4.42. The van der Waals surface area contributed by atoms with Crippen molar-refractivity contribution >= 4 is 15.9 Å². The van der Waals surface area contributed by atoms with E-state index in [4.69, 9.17) is 4.74 Å². The number of alkyl halides is 1. The SMILES string of the molecule is Cc1ccc(OCCC(C)C)c(CBr)n1. The highest BCUT2D eigenvalue weighted by atomic mass is 79.9. The van der Waals surface area contributed by atoms with Crippen LogP contribution < -0.4 is 4.74 Å². The molecule has 0 saturated carbocycles. The van der Waals surface area contributed by atoms with E-state index in [1.54, 1.807) is 0 Å². The maximum atomic E-state index is 5.70. The molecular weight excluding hydrogens is 254 g/mol. The van der Waals surface area contributed by atoms with Crippen LogP contribution in [0.5, 0.6) is 5.75 Å². The Morgan fingerprint density at radius 2 is 2.13 bits per heavy atom. The summed E-state index contributed by atoms with van der Waals surface area (Å²) >= 11 is 3.42. The van der Waals surface area contributed by atoms with Gasteiger partial charge in [0.1, 0.15) is 5.75 Å². The molecular formula is C12H18BrNO. The first-order valence-electron chi connectivity index (χ1n) is 5.28. The van der Waals surface area contributed by atoms with Crippen LogP contribution in [0.2, 0.25) is 0 Å². The van der Waals surface area contributed by atoms with Crippen molar-refractivity contribution in [2.75, 3.05) is 6.61 Å². The van der Waals surface area contributed by atoms with Crippen LogP contribution in [-0.2, 0) is 5.33 Å². The molecule has 0 fully saturated rings. The zero-order chi connectivity index (χ0) is 11.3. The number of nitrogens with zero attached hydrogens (tertiary/aromatic N) is 1. The Labute approximate surface area is 100 Å². The molecule has 0 N–H and O–H groups in total. The lowest BCUT2D eigenvalue weighted by atomic mass is 10.1. The molecule has 0 amide bonds. The molecule has 1 aromatic rings. The second-order valence-electron chi connectivity index (χ2n) is 4.06. The summed E-state index contributed by atoms with van der Waals surface area (Å²) in [5.41, 5.74) is 2.01. The molecule has 0 aliphatic heterocycles. The van der Waals surface area contributed by atoms with E-state index in [1.807, 2.05) is 19.1 Å². The van der Waals surface area contributed by atoms with Crippen LogP contribution in [0.15, 0.2) is 12.1 Å². The largest absolute Gasteiger partial charge is 0.492 e. The van der Waals surface area contributed by atoms with Gasteiger partial charge in [-0.1, -0.05) is 29.8 Å².